The Labute approximate surface area is 120 Å². The van der Waals surface area contributed by atoms with Crippen molar-refractivity contribution in [2.45, 2.75) is 44.7 Å². The maximum atomic E-state index is 6.39. The summed E-state index contributed by atoms with van der Waals surface area (Å²) in [5.41, 5.74) is 7.52. The lowest BCUT2D eigenvalue weighted by Crippen LogP contribution is -2.34. The average Bonchev–Trinajstić information content (AvgIpc) is 3.20. The van der Waals surface area contributed by atoms with E-state index in [2.05, 4.69) is 17.9 Å². The zero-order chi connectivity index (χ0) is 13.9. The Morgan fingerprint density at radius 2 is 2.10 bits per heavy atom. The minimum absolute atomic E-state index is 0.0435. The average molecular weight is 276 g/mol. The highest BCUT2D eigenvalue weighted by Gasteiger charge is 2.29. The van der Waals surface area contributed by atoms with Crippen molar-refractivity contribution in [1.29, 1.82) is 0 Å². The van der Waals surface area contributed by atoms with Gasteiger partial charge in [0, 0.05) is 18.6 Å². The summed E-state index contributed by atoms with van der Waals surface area (Å²) in [6, 6.07) is 6.86. The smallest absolute Gasteiger partial charge is 0.231 e. The van der Waals surface area contributed by atoms with Crippen molar-refractivity contribution in [3.63, 3.8) is 0 Å². The van der Waals surface area contributed by atoms with Crippen LogP contribution in [0.1, 0.15) is 44.2 Å². The molecule has 1 aromatic carbocycles. The van der Waals surface area contributed by atoms with Gasteiger partial charge in [0.15, 0.2) is 11.5 Å². The molecule has 110 valence electrons. The highest BCUT2D eigenvalue weighted by Crippen LogP contribution is 2.34. The van der Waals surface area contributed by atoms with Gasteiger partial charge in [-0.05, 0) is 43.5 Å². The van der Waals surface area contributed by atoms with Crippen LogP contribution in [0, 0.1) is 0 Å². The van der Waals surface area contributed by atoms with Gasteiger partial charge in [-0.3, -0.25) is 4.90 Å². The highest BCUT2D eigenvalue weighted by molar-refractivity contribution is 5.45. The second-order valence-corrected chi connectivity index (χ2v) is 5.80. The summed E-state index contributed by atoms with van der Waals surface area (Å²) in [4.78, 5) is 2.55. The van der Waals surface area contributed by atoms with E-state index in [1.54, 1.807) is 0 Å². The maximum Gasteiger partial charge on any atom is 0.231 e. The minimum Gasteiger partial charge on any atom is -0.454 e. The van der Waals surface area contributed by atoms with Crippen LogP contribution in [0.5, 0.6) is 11.5 Å². The normalized spacial score (nSPS) is 18.6. The molecule has 3 rings (SSSR count). The predicted octanol–water partition coefficient (Wildman–Crippen LogP) is 2.68. The molecule has 1 heterocycles. The van der Waals surface area contributed by atoms with Crippen LogP contribution in [0.3, 0.4) is 0 Å². The summed E-state index contributed by atoms with van der Waals surface area (Å²) in [5.74, 6) is 1.65. The maximum absolute atomic E-state index is 6.39. The van der Waals surface area contributed by atoms with Crippen LogP contribution < -0.4 is 15.2 Å². The highest BCUT2D eigenvalue weighted by atomic mass is 16.7. The van der Waals surface area contributed by atoms with E-state index in [0.29, 0.717) is 6.79 Å². The molecular weight excluding hydrogens is 252 g/mol. The Bertz CT molecular complexity index is 460. The van der Waals surface area contributed by atoms with Crippen molar-refractivity contribution in [1.82, 2.24) is 4.90 Å². The standard InChI is InChI=1S/C16H24N2O2/c1-2-3-8-18(13-5-6-13)10-14(17)12-4-7-15-16(9-12)20-11-19-15/h4,7,9,13-14H,2-3,5-6,8,10-11,17H2,1H3. The number of fused-ring (bicyclic) bond motifs is 1. The molecule has 1 aliphatic heterocycles. The molecule has 2 N–H and O–H groups in total. The van der Waals surface area contributed by atoms with E-state index < -0.39 is 0 Å². The van der Waals surface area contributed by atoms with E-state index in [0.717, 1.165) is 29.6 Å². The van der Waals surface area contributed by atoms with Crippen molar-refractivity contribution < 1.29 is 9.47 Å². The first-order valence-electron chi connectivity index (χ1n) is 7.67. The number of rotatable bonds is 7. The molecule has 4 nitrogen and oxygen atoms in total. The van der Waals surface area contributed by atoms with Gasteiger partial charge in [-0.1, -0.05) is 19.4 Å². The van der Waals surface area contributed by atoms with Gasteiger partial charge >= 0.3 is 0 Å². The lowest BCUT2D eigenvalue weighted by Gasteiger charge is -2.25. The van der Waals surface area contributed by atoms with Gasteiger partial charge < -0.3 is 15.2 Å². The SMILES string of the molecule is CCCCN(CC(N)c1ccc2c(c1)OCO2)C1CC1. The Hall–Kier alpha value is -1.26. The van der Waals surface area contributed by atoms with Gasteiger partial charge in [0.05, 0.1) is 0 Å². The lowest BCUT2D eigenvalue weighted by atomic mass is 10.1. The molecule has 1 saturated carbocycles. The fourth-order valence-corrected chi connectivity index (χ4v) is 2.73. The van der Waals surface area contributed by atoms with Gasteiger partial charge in [0.1, 0.15) is 0 Å². The molecule has 0 saturated heterocycles. The number of nitrogens with zero attached hydrogens (tertiary/aromatic N) is 1. The van der Waals surface area contributed by atoms with Crippen LogP contribution in [0.4, 0.5) is 0 Å². The van der Waals surface area contributed by atoms with Crippen molar-refractivity contribution in [2.75, 3.05) is 19.9 Å². The number of hydrogen-bond donors (Lipinski definition) is 1. The van der Waals surface area contributed by atoms with E-state index in [9.17, 15) is 0 Å². The number of ether oxygens (including phenoxy) is 2. The van der Waals surface area contributed by atoms with Crippen LogP contribution in [0.25, 0.3) is 0 Å². The first kappa shape index (κ1) is 13.7. The third-order valence-electron chi connectivity index (χ3n) is 4.12. The van der Waals surface area contributed by atoms with Gasteiger partial charge in [0.25, 0.3) is 0 Å². The summed E-state index contributed by atoms with van der Waals surface area (Å²) in [5, 5.41) is 0. The van der Waals surface area contributed by atoms with E-state index in [4.69, 9.17) is 15.2 Å². The van der Waals surface area contributed by atoms with Crippen LogP contribution >= 0.6 is 0 Å². The molecule has 20 heavy (non-hydrogen) atoms. The summed E-state index contributed by atoms with van der Waals surface area (Å²) < 4.78 is 10.8. The summed E-state index contributed by atoms with van der Waals surface area (Å²) in [6.45, 7) is 4.66. The fraction of sp³-hybridized carbons (Fsp3) is 0.625. The van der Waals surface area contributed by atoms with Crippen molar-refractivity contribution >= 4 is 0 Å². The molecular formula is C16H24N2O2. The van der Waals surface area contributed by atoms with Crippen LogP contribution in [-0.4, -0.2) is 30.8 Å². The van der Waals surface area contributed by atoms with Gasteiger partial charge in [-0.25, -0.2) is 0 Å². The predicted molar refractivity (Wildman–Crippen MR) is 79.0 cm³/mol. The third-order valence-corrected chi connectivity index (χ3v) is 4.12. The zero-order valence-corrected chi connectivity index (χ0v) is 12.2. The Morgan fingerprint density at radius 3 is 2.85 bits per heavy atom. The number of nitrogens with two attached hydrogens (primary N) is 1. The van der Waals surface area contributed by atoms with E-state index in [-0.39, 0.29) is 6.04 Å². The van der Waals surface area contributed by atoms with Gasteiger partial charge in [-0.2, -0.15) is 0 Å². The molecule has 0 spiro atoms. The molecule has 1 unspecified atom stereocenters. The first-order chi connectivity index (χ1) is 9.78. The molecule has 1 atom stereocenters. The monoisotopic (exact) mass is 276 g/mol. The fourth-order valence-electron chi connectivity index (χ4n) is 2.73. The Balaban J connectivity index is 1.63. The second kappa shape index (κ2) is 6.02. The number of hydrogen-bond acceptors (Lipinski definition) is 4. The minimum atomic E-state index is 0.0435. The molecule has 4 heteroatoms. The van der Waals surface area contributed by atoms with Crippen LogP contribution in [0.2, 0.25) is 0 Å². The lowest BCUT2D eigenvalue weighted by molar-refractivity contribution is 0.174. The third kappa shape index (κ3) is 3.07. The molecule has 0 aromatic heterocycles. The van der Waals surface area contributed by atoms with Crippen molar-refractivity contribution in [3.8, 4) is 11.5 Å². The molecule has 1 aromatic rings. The summed E-state index contributed by atoms with van der Waals surface area (Å²) in [6.07, 6.45) is 5.15. The molecule has 2 aliphatic rings. The Kier molecular flexibility index (Phi) is 4.13. The van der Waals surface area contributed by atoms with Crippen molar-refractivity contribution in [3.05, 3.63) is 23.8 Å². The number of unbranched alkanes of at least 4 members (excludes halogenated alkanes) is 1. The zero-order valence-electron chi connectivity index (χ0n) is 12.2. The first-order valence-corrected chi connectivity index (χ1v) is 7.67. The number of benzene rings is 1. The van der Waals surface area contributed by atoms with E-state index in [1.165, 1.54) is 32.2 Å². The van der Waals surface area contributed by atoms with Crippen LogP contribution in [-0.2, 0) is 0 Å². The topological polar surface area (TPSA) is 47.7 Å². The molecule has 0 bridgehead atoms. The second-order valence-electron chi connectivity index (χ2n) is 5.80. The van der Waals surface area contributed by atoms with Crippen LogP contribution in [0.15, 0.2) is 18.2 Å². The molecule has 0 radical (unpaired) electrons. The molecule has 1 fully saturated rings. The van der Waals surface area contributed by atoms with E-state index >= 15 is 0 Å². The summed E-state index contributed by atoms with van der Waals surface area (Å²) in [7, 11) is 0. The van der Waals surface area contributed by atoms with Gasteiger partial charge in [-0.15, -0.1) is 0 Å². The quantitative estimate of drug-likeness (QED) is 0.832. The largest absolute Gasteiger partial charge is 0.454 e. The molecule has 1 aliphatic carbocycles. The Morgan fingerprint density at radius 1 is 1.30 bits per heavy atom. The molecule has 0 amide bonds. The van der Waals surface area contributed by atoms with Crippen molar-refractivity contribution in [2.24, 2.45) is 5.73 Å². The van der Waals surface area contributed by atoms with Gasteiger partial charge in [0.2, 0.25) is 6.79 Å². The summed E-state index contributed by atoms with van der Waals surface area (Å²) >= 11 is 0. The van der Waals surface area contributed by atoms with E-state index in [1.807, 2.05) is 12.1 Å².